The second-order valence-electron chi connectivity index (χ2n) is 6.83. The third kappa shape index (κ3) is 5.94. The largest absolute Gasteiger partial charge is 0.489 e. The summed E-state index contributed by atoms with van der Waals surface area (Å²) in [6.07, 6.45) is 0. The van der Waals surface area contributed by atoms with Gasteiger partial charge in [-0.2, -0.15) is 0 Å². The molecule has 6 nitrogen and oxygen atoms in total. The smallest absolute Gasteiger partial charge is 0.337 e. The predicted molar refractivity (Wildman–Crippen MR) is 116 cm³/mol. The van der Waals surface area contributed by atoms with Crippen LogP contribution in [0, 0.1) is 6.57 Å². The van der Waals surface area contributed by atoms with E-state index >= 15 is 0 Å². The number of methoxy groups -OCH3 is 1. The fourth-order valence-electron chi connectivity index (χ4n) is 2.94. The molecule has 31 heavy (non-hydrogen) atoms. The summed E-state index contributed by atoms with van der Waals surface area (Å²) in [6.45, 7) is 8.88. The molecule has 0 N–H and O–H groups in total. The zero-order chi connectivity index (χ0) is 22.2. The minimum Gasteiger partial charge on any atom is -0.489 e. The number of esters is 1. The zero-order valence-electron chi connectivity index (χ0n) is 17.3. The summed E-state index contributed by atoms with van der Waals surface area (Å²) in [4.78, 5) is 26.7. The van der Waals surface area contributed by atoms with Crippen molar-refractivity contribution in [2.75, 3.05) is 13.7 Å². The quantitative estimate of drug-likeness (QED) is 0.372. The van der Waals surface area contributed by atoms with Gasteiger partial charge in [0, 0.05) is 6.07 Å². The molecular formula is C25H21NO5. The molecule has 3 aromatic rings. The fourth-order valence-corrected chi connectivity index (χ4v) is 2.94. The fraction of sp³-hybridized carbons (Fsp3) is 0.160. The van der Waals surface area contributed by atoms with E-state index < -0.39 is 5.97 Å². The topological polar surface area (TPSA) is 66.2 Å². The Balaban J connectivity index is 1.85. The summed E-state index contributed by atoms with van der Waals surface area (Å²) in [5.41, 5.74) is 3.28. The SMILES string of the molecule is [C-]#[N+]c1cccc(-c2cc(COc3cccc(OCC(C)=O)c3)cc(C(=O)OC)c2)c1. The number of rotatable bonds is 8. The maximum absolute atomic E-state index is 12.2. The molecule has 6 heteroatoms. The first-order valence-electron chi connectivity index (χ1n) is 9.54. The van der Waals surface area contributed by atoms with Gasteiger partial charge in [-0.15, -0.1) is 0 Å². The Morgan fingerprint density at radius 3 is 2.35 bits per heavy atom. The van der Waals surface area contributed by atoms with Gasteiger partial charge >= 0.3 is 5.97 Å². The van der Waals surface area contributed by atoms with E-state index in [0.29, 0.717) is 22.7 Å². The van der Waals surface area contributed by atoms with E-state index in [1.165, 1.54) is 14.0 Å². The molecule has 0 heterocycles. The van der Waals surface area contributed by atoms with Crippen molar-refractivity contribution in [3.63, 3.8) is 0 Å². The summed E-state index contributed by atoms with van der Waals surface area (Å²) in [5.74, 6) is 0.582. The third-order valence-corrected chi connectivity index (χ3v) is 4.38. The summed E-state index contributed by atoms with van der Waals surface area (Å²) in [7, 11) is 1.33. The molecule has 0 aliphatic rings. The first-order chi connectivity index (χ1) is 15.0. The number of ketones is 1. The molecule has 0 saturated heterocycles. The Bertz CT molecular complexity index is 1150. The molecule has 0 aromatic heterocycles. The highest BCUT2D eigenvalue weighted by molar-refractivity contribution is 5.91. The molecule has 3 aromatic carbocycles. The predicted octanol–water partition coefficient (Wildman–Crippen LogP) is 5.24. The Hall–Kier alpha value is -4.11. The summed E-state index contributed by atoms with van der Waals surface area (Å²) < 4.78 is 16.2. The van der Waals surface area contributed by atoms with Crippen LogP contribution < -0.4 is 9.47 Å². The van der Waals surface area contributed by atoms with Gasteiger partial charge in [-0.1, -0.05) is 24.3 Å². The Morgan fingerprint density at radius 2 is 1.65 bits per heavy atom. The van der Waals surface area contributed by atoms with E-state index in [-0.39, 0.29) is 19.0 Å². The van der Waals surface area contributed by atoms with E-state index in [1.807, 2.05) is 12.1 Å². The monoisotopic (exact) mass is 415 g/mol. The normalized spacial score (nSPS) is 10.1. The van der Waals surface area contributed by atoms with E-state index in [4.69, 9.17) is 20.8 Å². The Morgan fingerprint density at radius 1 is 0.903 bits per heavy atom. The van der Waals surface area contributed by atoms with Gasteiger partial charge in [0.05, 0.1) is 19.2 Å². The zero-order valence-corrected chi connectivity index (χ0v) is 17.3. The maximum atomic E-state index is 12.2. The van der Waals surface area contributed by atoms with Crippen LogP contribution in [0.15, 0.2) is 66.7 Å². The summed E-state index contributed by atoms with van der Waals surface area (Å²) in [5, 5.41) is 0. The van der Waals surface area contributed by atoms with Gasteiger partial charge in [0.1, 0.15) is 24.7 Å². The van der Waals surface area contributed by atoms with Gasteiger partial charge in [0.25, 0.3) is 0 Å². The van der Waals surface area contributed by atoms with Crippen molar-refractivity contribution in [2.24, 2.45) is 0 Å². The van der Waals surface area contributed by atoms with E-state index in [2.05, 4.69) is 4.85 Å². The minimum atomic E-state index is -0.455. The number of hydrogen-bond acceptors (Lipinski definition) is 5. The van der Waals surface area contributed by atoms with Crippen LogP contribution in [0.1, 0.15) is 22.8 Å². The number of ether oxygens (including phenoxy) is 3. The standard InChI is InChI=1S/C25H21NO5/c1-17(27)15-30-23-8-5-9-24(14-23)31-16-18-10-20(12-21(11-18)25(28)29-3)19-6-4-7-22(13-19)26-2/h4-14H,15-16H2,1,3H3. The molecule has 0 aliphatic heterocycles. The van der Waals surface area contributed by atoms with Crippen LogP contribution in [-0.4, -0.2) is 25.5 Å². The molecular weight excluding hydrogens is 394 g/mol. The van der Waals surface area contributed by atoms with Crippen molar-refractivity contribution in [3.8, 4) is 22.6 Å². The molecule has 3 rings (SSSR count). The first-order valence-corrected chi connectivity index (χ1v) is 9.54. The van der Waals surface area contributed by atoms with Crippen molar-refractivity contribution in [2.45, 2.75) is 13.5 Å². The summed E-state index contributed by atoms with van der Waals surface area (Å²) >= 11 is 0. The van der Waals surface area contributed by atoms with Crippen molar-refractivity contribution >= 4 is 17.4 Å². The van der Waals surface area contributed by atoms with E-state index in [9.17, 15) is 9.59 Å². The van der Waals surface area contributed by atoms with Gasteiger partial charge in [-0.25, -0.2) is 9.64 Å². The average Bonchev–Trinajstić information content (AvgIpc) is 2.81. The number of carbonyl (C=O) groups excluding carboxylic acids is 2. The molecule has 156 valence electrons. The minimum absolute atomic E-state index is 0.00232. The van der Waals surface area contributed by atoms with Crippen LogP contribution in [-0.2, 0) is 16.1 Å². The lowest BCUT2D eigenvalue weighted by molar-refractivity contribution is -0.118. The second kappa shape index (κ2) is 10.1. The molecule has 0 saturated carbocycles. The number of benzene rings is 3. The van der Waals surface area contributed by atoms with Gasteiger partial charge < -0.3 is 14.2 Å². The van der Waals surface area contributed by atoms with Gasteiger partial charge in [0.2, 0.25) is 0 Å². The highest BCUT2D eigenvalue weighted by Gasteiger charge is 2.11. The lowest BCUT2D eigenvalue weighted by Gasteiger charge is -2.12. The molecule has 0 radical (unpaired) electrons. The number of hydrogen-bond donors (Lipinski definition) is 0. The summed E-state index contributed by atoms with van der Waals surface area (Å²) in [6, 6.07) is 19.5. The third-order valence-electron chi connectivity index (χ3n) is 4.38. The van der Waals surface area contributed by atoms with Crippen LogP contribution in [0.25, 0.3) is 16.0 Å². The van der Waals surface area contributed by atoms with Crippen molar-refractivity contribution in [1.82, 2.24) is 0 Å². The van der Waals surface area contributed by atoms with Crippen molar-refractivity contribution in [1.29, 1.82) is 0 Å². The van der Waals surface area contributed by atoms with E-state index in [1.54, 1.807) is 54.6 Å². The van der Waals surface area contributed by atoms with Crippen LogP contribution >= 0.6 is 0 Å². The van der Waals surface area contributed by atoms with Crippen LogP contribution in [0.3, 0.4) is 0 Å². The first kappa shape index (κ1) is 21.6. The number of carbonyl (C=O) groups is 2. The highest BCUT2D eigenvalue weighted by atomic mass is 16.5. The molecule has 0 unspecified atom stereocenters. The number of Topliss-reactive ketones (excluding diaryl/α,β-unsaturated/α-hetero) is 1. The van der Waals surface area contributed by atoms with Gasteiger partial charge in [-0.3, -0.25) is 4.79 Å². The average molecular weight is 415 g/mol. The van der Waals surface area contributed by atoms with Crippen molar-refractivity contribution in [3.05, 3.63) is 89.3 Å². The molecule has 0 spiro atoms. The lowest BCUT2D eigenvalue weighted by atomic mass is 9.99. The van der Waals surface area contributed by atoms with Crippen molar-refractivity contribution < 1.29 is 23.8 Å². The Labute approximate surface area is 180 Å². The van der Waals surface area contributed by atoms with Crippen LogP contribution in [0.2, 0.25) is 0 Å². The van der Waals surface area contributed by atoms with Crippen LogP contribution in [0.4, 0.5) is 5.69 Å². The van der Waals surface area contributed by atoms with Gasteiger partial charge in [0.15, 0.2) is 11.5 Å². The molecule has 0 aliphatic carbocycles. The van der Waals surface area contributed by atoms with Crippen LogP contribution in [0.5, 0.6) is 11.5 Å². The molecule has 0 fully saturated rings. The molecule has 0 amide bonds. The van der Waals surface area contributed by atoms with Gasteiger partial charge in [-0.05, 0) is 60.0 Å². The lowest BCUT2D eigenvalue weighted by Crippen LogP contribution is -2.06. The second-order valence-corrected chi connectivity index (χ2v) is 6.83. The van der Waals surface area contributed by atoms with E-state index in [0.717, 1.165) is 16.7 Å². The Kier molecular flexibility index (Phi) is 7.02. The maximum Gasteiger partial charge on any atom is 0.337 e. The molecule has 0 atom stereocenters. The highest BCUT2D eigenvalue weighted by Crippen LogP contribution is 2.27. The number of nitrogens with zero attached hydrogens (tertiary/aromatic N) is 1. The molecule has 0 bridgehead atoms.